The normalized spacial score (nSPS) is 14.1. The van der Waals surface area contributed by atoms with Crippen molar-refractivity contribution in [2.24, 2.45) is 11.5 Å². The van der Waals surface area contributed by atoms with Crippen LogP contribution in [0.2, 0.25) is 0 Å². The first-order chi connectivity index (χ1) is 30.8. The minimum absolute atomic E-state index is 0.139. The fourth-order valence-electron chi connectivity index (χ4n) is 3.76. The lowest BCUT2D eigenvalue weighted by atomic mass is 10.2. The third kappa shape index (κ3) is 37.7. The zero-order chi connectivity index (χ0) is 51.9. The van der Waals surface area contributed by atoms with E-state index in [0.29, 0.717) is 57.0 Å². The fourth-order valence-corrected chi connectivity index (χ4v) is 3.76. The van der Waals surface area contributed by atoms with Crippen LogP contribution in [0.25, 0.3) is 0 Å². The van der Waals surface area contributed by atoms with Crippen LogP contribution in [0.1, 0.15) is 48.5 Å². The summed E-state index contributed by atoms with van der Waals surface area (Å²) in [6.07, 6.45) is -1.66. The molecule has 380 valence electrons. The molecule has 0 aromatic rings. The average molecular weight is 970 g/mol. The molecule has 0 spiro atoms. The number of aliphatic hydroxyl groups excluding tert-OH is 2. The molecule has 0 saturated carbocycles. The smallest absolute Gasteiger partial charge is 0.340 e. The van der Waals surface area contributed by atoms with Gasteiger partial charge in [0.1, 0.15) is 25.7 Å². The quantitative estimate of drug-likeness (QED) is 0.0400. The number of methoxy groups -OCH3 is 2. The van der Waals surface area contributed by atoms with Crippen LogP contribution in [0.15, 0.2) is 48.6 Å². The summed E-state index contributed by atoms with van der Waals surface area (Å²) >= 11 is 5.00. The molecule has 3 aliphatic heterocycles. The number of alkyl halides is 1. The van der Waals surface area contributed by atoms with Gasteiger partial charge in [-0.05, 0) is 34.6 Å². The zero-order valence-corrected chi connectivity index (χ0v) is 40.4. The van der Waals surface area contributed by atoms with E-state index in [0.717, 1.165) is 5.88 Å². The van der Waals surface area contributed by atoms with Crippen molar-refractivity contribution >= 4 is 59.5 Å². The number of ether oxygens (including phenoxy) is 6. The van der Waals surface area contributed by atoms with Gasteiger partial charge >= 0.3 is 47.9 Å². The van der Waals surface area contributed by atoms with E-state index in [9.17, 15) is 38.4 Å². The molecule has 0 atom stereocenters. The molecule has 3 fully saturated rings. The zero-order valence-electron chi connectivity index (χ0n) is 39.7. The molecule has 3 rings (SSSR count). The van der Waals surface area contributed by atoms with Crippen molar-refractivity contribution in [3.8, 4) is 0 Å². The predicted octanol–water partition coefficient (Wildman–Crippen LogP) is 0.155. The van der Waals surface area contributed by atoms with Gasteiger partial charge in [-0.3, -0.25) is 14.6 Å². The molecular formula is C41H73ClN8O16. The fraction of sp³-hybridized carbons (Fsp3) is 0.610. The summed E-state index contributed by atoms with van der Waals surface area (Å²) in [6.45, 7) is 28.1. The number of esters is 5. The first-order valence-electron chi connectivity index (χ1n) is 20.1. The van der Waals surface area contributed by atoms with E-state index >= 15 is 0 Å². The molecular weight excluding hydrogens is 896 g/mol. The van der Waals surface area contributed by atoms with Gasteiger partial charge in [0.2, 0.25) is 0 Å². The summed E-state index contributed by atoms with van der Waals surface area (Å²) in [7, 11) is 2.99. The van der Waals surface area contributed by atoms with E-state index in [4.69, 9.17) is 52.2 Å². The maximum atomic E-state index is 12.0. The number of nitrogens with one attached hydrogen (secondary N) is 4. The highest BCUT2D eigenvalue weighted by Crippen LogP contribution is 2.13. The molecule has 6 amide bonds. The number of hydrogen-bond donors (Lipinski definition) is 8. The number of nitrogens with zero attached hydrogens (tertiary/aromatic N) is 2. The van der Waals surface area contributed by atoms with Gasteiger partial charge in [0, 0.05) is 75.5 Å². The van der Waals surface area contributed by atoms with Crippen molar-refractivity contribution < 1.29 is 77.0 Å². The van der Waals surface area contributed by atoms with Crippen LogP contribution in [0, 0.1) is 0 Å². The van der Waals surface area contributed by atoms with Crippen molar-refractivity contribution in [3.05, 3.63) is 48.6 Å². The number of aliphatic hydroxyl groups is 2. The van der Waals surface area contributed by atoms with Crippen LogP contribution in [-0.4, -0.2) is 185 Å². The first-order valence-corrected chi connectivity index (χ1v) is 20.7. The summed E-state index contributed by atoms with van der Waals surface area (Å²) < 4.78 is 28.9. The van der Waals surface area contributed by atoms with Crippen LogP contribution in [0.3, 0.4) is 0 Å². The van der Waals surface area contributed by atoms with Crippen LogP contribution < -0.4 is 32.7 Å². The van der Waals surface area contributed by atoms with Crippen LogP contribution >= 0.6 is 11.6 Å². The molecule has 0 radical (unpaired) electrons. The van der Waals surface area contributed by atoms with E-state index < -0.39 is 42.2 Å². The predicted molar refractivity (Wildman–Crippen MR) is 244 cm³/mol. The number of halogens is 1. The molecule has 10 N–H and O–H groups in total. The van der Waals surface area contributed by atoms with Gasteiger partial charge in [0.25, 0.3) is 0 Å². The Morgan fingerprint density at radius 2 is 1.02 bits per heavy atom. The summed E-state index contributed by atoms with van der Waals surface area (Å²) in [5.41, 5.74) is 11.0. The lowest BCUT2D eigenvalue weighted by molar-refractivity contribution is -0.154. The topological polar surface area (TPSA) is 339 Å². The van der Waals surface area contributed by atoms with Crippen LogP contribution in [0.4, 0.5) is 14.4 Å². The standard InChI is InChI=1S/C12H20N2O5.C8H12N2O3.C8H10O3.C4H8N2O2.C4H8O2.C3H10N2O.C2H5Cl/c1-9(2)11(15)19-10-5-13(7-17-3)12(16)14(6-10)8-18-4;1-5(2)7(11)13-6-3-9-8(12)10-4-6;1-5(2)7(9)11-8(10)6(3)4;7-3-1-5-4(8)6-2-3;1-3-6-4(2)5;4-1-3(6)2-5;1-2-3/h10H,1,5-8H2,2-4H3;6H,1,3-4H2,2H3,(H2,9,10,12);1,3H2,2,4H3;3,7H,1-2H2,(H2,5,6,8);3H2,1-2H3;3,6H,1-2,4-5H2;2H2,1H3. The second kappa shape index (κ2) is 40.8. The number of urea groups is 3. The Labute approximate surface area is 392 Å². The van der Waals surface area contributed by atoms with E-state index in [2.05, 4.69) is 57.1 Å². The highest BCUT2D eigenvalue weighted by molar-refractivity contribution is 6.17. The van der Waals surface area contributed by atoms with Gasteiger partial charge in [-0.2, -0.15) is 0 Å². The highest BCUT2D eigenvalue weighted by atomic mass is 35.5. The number of carbonyl (C=O) groups excluding carboxylic acids is 8. The molecule has 0 aliphatic carbocycles. The van der Waals surface area contributed by atoms with E-state index in [1.165, 1.54) is 44.8 Å². The van der Waals surface area contributed by atoms with Crippen molar-refractivity contribution in [3.63, 3.8) is 0 Å². The van der Waals surface area contributed by atoms with Gasteiger partial charge in [0.05, 0.1) is 45.0 Å². The maximum absolute atomic E-state index is 12.0. The monoisotopic (exact) mass is 968 g/mol. The van der Waals surface area contributed by atoms with Crippen LogP contribution in [0.5, 0.6) is 0 Å². The Morgan fingerprint density at radius 1 is 0.682 bits per heavy atom. The molecule has 3 saturated heterocycles. The summed E-state index contributed by atoms with van der Waals surface area (Å²) in [4.78, 5) is 89.6. The van der Waals surface area contributed by atoms with Gasteiger partial charge in [-0.1, -0.05) is 33.2 Å². The minimum atomic E-state index is -0.710. The highest BCUT2D eigenvalue weighted by Gasteiger charge is 2.33. The van der Waals surface area contributed by atoms with Gasteiger partial charge in [-0.25, -0.2) is 33.6 Å². The van der Waals surface area contributed by atoms with Crippen molar-refractivity contribution in [1.29, 1.82) is 0 Å². The Morgan fingerprint density at radius 3 is 1.26 bits per heavy atom. The van der Waals surface area contributed by atoms with Crippen LogP contribution in [-0.2, 0) is 52.4 Å². The van der Waals surface area contributed by atoms with E-state index in [1.807, 2.05) is 6.92 Å². The minimum Gasteiger partial charge on any atom is -0.466 e. The lowest BCUT2D eigenvalue weighted by Gasteiger charge is -2.38. The molecule has 0 bridgehead atoms. The number of β-amino-alcohol motifs (C(OH)–C–C–N with tert-alkyl or cyclic N) is 1. The van der Waals surface area contributed by atoms with Gasteiger partial charge in [0.15, 0.2) is 0 Å². The Hall–Kier alpha value is -5.63. The second-order valence-electron chi connectivity index (χ2n) is 13.6. The number of nitrogens with two attached hydrogens (primary N) is 2. The van der Waals surface area contributed by atoms with Crippen molar-refractivity contribution in [2.45, 2.75) is 72.9 Å². The Kier molecular flexibility index (Phi) is 41.4. The number of rotatable bonds is 13. The third-order valence-electron chi connectivity index (χ3n) is 6.95. The summed E-state index contributed by atoms with van der Waals surface area (Å²) in [5.74, 6) is -1.80. The van der Waals surface area contributed by atoms with Crippen molar-refractivity contribution in [1.82, 2.24) is 31.1 Å². The third-order valence-corrected chi connectivity index (χ3v) is 6.95. The lowest BCUT2D eigenvalue weighted by Crippen LogP contribution is -2.57. The largest absolute Gasteiger partial charge is 0.466 e. The molecule has 66 heavy (non-hydrogen) atoms. The van der Waals surface area contributed by atoms with E-state index in [1.54, 1.807) is 20.8 Å². The summed E-state index contributed by atoms with van der Waals surface area (Å²) in [5, 5.41) is 27.1. The number of amides is 6. The molecule has 0 aromatic heterocycles. The summed E-state index contributed by atoms with van der Waals surface area (Å²) in [6, 6.07) is -0.635. The molecule has 0 aromatic carbocycles. The van der Waals surface area contributed by atoms with E-state index in [-0.39, 0.29) is 67.9 Å². The molecule has 3 heterocycles. The maximum Gasteiger partial charge on any atom is 0.340 e. The first kappa shape index (κ1) is 67.0. The van der Waals surface area contributed by atoms with Crippen molar-refractivity contribution in [2.75, 3.05) is 92.5 Å². The average Bonchev–Trinajstić information content (AvgIpc) is 3.25. The Balaban J connectivity index is -0.000000362. The Bertz CT molecular complexity index is 1500. The molecule has 25 heteroatoms. The second-order valence-corrected chi connectivity index (χ2v) is 14.1. The number of carbonyl (C=O) groups is 8. The van der Waals surface area contributed by atoms with Gasteiger partial charge < -0.3 is 71.4 Å². The molecule has 3 aliphatic rings. The SMILES string of the molecule is C=C(C)C(=O)OC(=O)C(=C)C.C=C(C)C(=O)OC1CN(COC)C(=O)N(COC)C1.C=C(C)C(=O)OC1CNC(=O)NC1.CCCl.CCOC(C)=O.NCC(O)CN.O=C1NCC(O)CN1. The van der Waals surface area contributed by atoms with Gasteiger partial charge in [-0.15, -0.1) is 11.6 Å². The molecule has 0 unspecified atom stereocenters. The molecule has 24 nitrogen and oxygen atoms in total. The number of hydrogen-bond acceptors (Lipinski definition) is 18.